The van der Waals surface area contributed by atoms with Gasteiger partial charge in [-0.3, -0.25) is 5.43 Å². The van der Waals surface area contributed by atoms with Crippen LogP contribution in [0.1, 0.15) is 59.6 Å². The van der Waals surface area contributed by atoms with Crippen LogP contribution in [0.5, 0.6) is 5.75 Å². The second-order valence-electron chi connectivity index (χ2n) is 11.2. The molecule has 0 radical (unpaired) electrons. The van der Waals surface area contributed by atoms with E-state index in [1.54, 1.807) is 48.5 Å². The molecular weight excluding hydrogens is 630 g/mol. The minimum Gasteiger partial charge on any atom is -0.489 e. The summed E-state index contributed by atoms with van der Waals surface area (Å²) < 4.78 is 24.2. The van der Waals surface area contributed by atoms with Gasteiger partial charge in [-0.15, -0.1) is 23.0 Å². The number of hydrazine groups is 2. The number of hydrogen-bond donors (Lipinski definition) is 4. The quantitative estimate of drug-likeness (QED) is 0.135. The monoisotopic (exact) mass is 660 g/mol. The lowest BCUT2D eigenvalue weighted by Crippen LogP contribution is -2.35. The summed E-state index contributed by atoms with van der Waals surface area (Å²) in [5, 5.41) is 14.0. The molecule has 4 aromatic carbocycles. The van der Waals surface area contributed by atoms with Gasteiger partial charge in [-0.25, -0.2) is 19.7 Å². The van der Waals surface area contributed by atoms with E-state index in [9.17, 15) is 9.90 Å². The van der Waals surface area contributed by atoms with Gasteiger partial charge in [0.15, 0.2) is 5.84 Å². The minimum absolute atomic E-state index is 0. The van der Waals surface area contributed by atoms with E-state index >= 15 is 4.39 Å². The van der Waals surface area contributed by atoms with Gasteiger partial charge in [0.1, 0.15) is 24.0 Å². The maximum atomic E-state index is 15.9. The van der Waals surface area contributed by atoms with E-state index in [0.717, 1.165) is 59.0 Å². The normalized spacial score (nSPS) is 14.7. The topological polar surface area (TPSA) is 113 Å². The number of aromatic carboxylic acids is 1. The molecule has 0 saturated heterocycles. The van der Waals surface area contributed by atoms with Crippen LogP contribution >= 0.6 is 24.0 Å². The highest BCUT2D eigenvalue weighted by molar-refractivity contribution is 6.30. The minimum atomic E-state index is -0.989. The first-order chi connectivity index (χ1) is 21.9. The van der Waals surface area contributed by atoms with Crippen molar-refractivity contribution in [1.82, 2.24) is 26.0 Å². The van der Waals surface area contributed by atoms with Gasteiger partial charge in [0.25, 0.3) is 0 Å². The Hall–Kier alpha value is -4.64. The number of carboxylic acid groups (broad SMARTS) is 1. The van der Waals surface area contributed by atoms with Crippen LogP contribution in [0.25, 0.3) is 33.5 Å². The summed E-state index contributed by atoms with van der Waals surface area (Å²) in [6, 6.07) is 23.1. The fourth-order valence-electron chi connectivity index (χ4n) is 6.16. The van der Waals surface area contributed by atoms with E-state index < -0.39 is 11.8 Å². The van der Waals surface area contributed by atoms with Crippen LogP contribution in [0.2, 0.25) is 5.02 Å². The SMILES string of the molecule is Cl.O=C(O)c1ccc(-c2ccc(Cl)cc2COc2ccc(-c3nc4cc(C5=NNNN5)ccc4n3C3CCCCC3)c(F)c2)cc1. The molecule has 1 aliphatic heterocycles. The largest absolute Gasteiger partial charge is 0.489 e. The van der Waals surface area contributed by atoms with Gasteiger partial charge in [-0.1, -0.05) is 49.1 Å². The van der Waals surface area contributed by atoms with E-state index in [0.29, 0.717) is 28.0 Å². The highest BCUT2D eigenvalue weighted by Crippen LogP contribution is 2.38. The summed E-state index contributed by atoms with van der Waals surface area (Å²) >= 11 is 6.31. The predicted molar refractivity (Wildman–Crippen MR) is 179 cm³/mol. The second kappa shape index (κ2) is 13.4. The lowest BCUT2D eigenvalue weighted by Gasteiger charge is -2.26. The first-order valence-corrected chi connectivity index (χ1v) is 15.2. The Labute approximate surface area is 275 Å². The number of hydrogen-bond acceptors (Lipinski definition) is 7. The van der Waals surface area contributed by atoms with E-state index in [4.69, 9.17) is 21.3 Å². The molecule has 12 heteroatoms. The number of carboxylic acids is 1. The van der Waals surface area contributed by atoms with E-state index in [1.807, 2.05) is 24.3 Å². The molecule has 46 heavy (non-hydrogen) atoms. The van der Waals surface area contributed by atoms with E-state index in [1.165, 1.54) is 12.5 Å². The Morgan fingerprint density at radius 3 is 2.43 bits per heavy atom. The number of aromatic nitrogens is 2. The van der Waals surface area contributed by atoms with Gasteiger partial charge < -0.3 is 14.4 Å². The molecule has 9 nitrogen and oxygen atoms in total. The molecule has 0 unspecified atom stereocenters. The molecule has 0 atom stereocenters. The number of rotatable bonds is 8. The Morgan fingerprint density at radius 2 is 1.72 bits per heavy atom. The van der Waals surface area contributed by atoms with Crippen molar-refractivity contribution in [2.24, 2.45) is 5.10 Å². The summed E-state index contributed by atoms with van der Waals surface area (Å²) in [5.74, 6) is 0.204. The molecule has 2 aliphatic rings. The molecule has 7 rings (SSSR count). The maximum Gasteiger partial charge on any atom is 0.335 e. The lowest BCUT2D eigenvalue weighted by molar-refractivity contribution is 0.0697. The van der Waals surface area contributed by atoms with Gasteiger partial charge in [0, 0.05) is 22.7 Å². The summed E-state index contributed by atoms with van der Waals surface area (Å²) in [5.41, 5.74) is 14.1. The van der Waals surface area contributed by atoms with Crippen molar-refractivity contribution in [2.45, 2.75) is 44.8 Å². The number of ether oxygens (including phenoxy) is 1. The highest BCUT2D eigenvalue weighted by atomic mass is 35.5. The standard InChI is InChI=1S/C34H30ClFN6O3.ClH/c35-24-11-13-27(20-6-8-21(9-7-20)34(43)44)23(16-24)19-45-26-12-14-28(29(36)18-26)33-37-30-17-22(32-38-40-41-39-32)10-15-31(30)42(33)25-4-2-1-3-5-25;/h6-18,25,40-41H,1-5,19H2,(H,38,39)(H,43,44);1H. The summed E-state index contributed by atoms with van der Waals surface area (Å²) in [6.45, 7) is 0.139. The Bertz CT molecular complexity index is 1940. The zero-order valence-corrected chi connectivity index (χ0v) is 26.2. The molecule has 0 bridgehead atoms. The van der Waals surface area contributed by atoms with Gasteiger partial charge in [-0.05, 0) is 84.1 Å². The first kappa shape index (κ1) is 31.3. The molecule has 2 heterocycles. The molecule has 236 valence electrons. The predicted octanol–water partition coefficient (Wildman–Crippen LogP) is 7.64. The van der Waals surface area contributed by atoms with Crippen LogP contribution in [0.3, 0.4) is 0 Å². The van der Waals surface area contributed by atoms with Gasteiger partial charge in [-0.2, -0.15) is 0 Å². The molecule has 1 saturated carbocycles. The number of amidine groups is 1. The average molecular weight is 662 g/mol. The van der Waals surface area contributed by atoms with Crippen molar-refractivity contribution in [3.05, 3.63) is 106 Å². The van der Waals surface area contributed by atoms with Crippen LogP contribution in [0, 0.1) is 5.82 Å². The van der Waals surface area contributed by atoms with Gasteiger partial charge in [0.2, 0.25) is 0 Å². The Kier molecular flexibility index (Phi) is 9.12. The lowest BCUT2D eigenvalue weighted by atomic mass is 9.94. The van der Waals surface area contributed by atoms with Crippen molar-refractivity contribution in [1.29, 1.82) is 0 Å². The van der Waals surface area contributed by atoms with Crippen molar-refractivity contribution in [3.8, 4) is 28.3 Å². The Balaban J connectivity index is 0.00000372. The van der Waals surface area contributed by atoms with Crippen LogP contribution in [-0.4, -0.2) is 26.5 Å². The summed E-state index contributed by atoms with van der Waals surface area (Å²) in [4.78, 5) is 16.2. The molecule has 1 aliphatic carbocycles. The zero-order valence-electron chi connectivity index (χ0n) is 24.6. The fourth-order valence-corrected chi connectivity index (χ4v) is 6.36. The number of halogens is 3. The third kappa shape index (κ3) is 6.24. The number of carbonyl (C=O) groups is 1. The fraction of sp³-hybridized carbons (Fsp3) is 0.206. The van der Waals surface area contributed by atoms with E-state index in [-0.39, 0.29) is 30.6 Å². The molecular formula is C34H31Cl2FN6O3. The van der Waals surface area contributed by atoms with Crippen molar-refractivity contribution >= 4 is 46.8 Å². The van der Waals surface area contributed by atoms with Crippen molar-refractivity contribution in [2.75, 3.05) is 0 Å². The van der Waals surface area contributed by atoms with E-state index in [2.05, 4.69) is 26.2 Å². The second-order valence-corrected chi connectivity index (χ2v) is 11.7. The third-order valence-electron chi connectivity index (χ3n) is 8.39. The number of nitrogens with zero attached hydrogens (tertiary/aromatic N) is 3. The molecule has 1 fully saturated rings. The van der Waals surface area contributed by atoms with Crippen LogP contribution in [-0.2, 0) is 6.61 Å². The third-order valence-corrected chi connectivity index (χ3v) is 8.63. The Morgan fingerprint density at radius 1 is 0.957 bits per heavy atom. The van der Waals surface area contributed by atoms with Gasteiger partial charge >= 0.3 is 5.97 Å². The number of hydrazone groups is 1. The van der Waals surface area contributed by atoms with Crippen molar-refractivity contribution in [3.63, 3.8) is 0 Å². The summed E-state index contributed by atoms with van der Waals surface area (Å²) in [7, 11) is 0. The molecule has 1 aromatic heterocycles. The number of benzene rings is 4. The number of imidazole rings is 1. The molecule has 0 amide bonds. The van der Waals surface area contributed by atoms with Crippen molar-refractivity contribution < 1.29 is 19.0 Å². The number of nitrogens with one attached hydrogen (secondary N) is 3. The smallest absolute Gasteiger partial charge is 0.335 e. The van der Waals surface area contributed by atoms with Crippen LogP contribution in [0.4, 0.5) is 4.39 Å². The zero-order chi connectivity index (χ0) is 30.9. The molecule has 4 N–H and O–H groups in total. The number of fused-ring (bicyclic) bond motifs is 1. The molecule has 0 spiro atoms. The molecule has 5 aromatic rings. The average Bonchev–Trinajstić information content (AvgIpc) is 3.73. The van der Waals surface area contributed by atoms with Gasteiger partial charge in [0.05, 0.1) is 22.2 Å². The van der Waals surface area contributed by atoms with Crippen LogP contribution < -0.4 is 21.2 Å². The maximum absolute atomic E-state index is 15.9. The van der Waals surface area contributed by atoms with Crippen LogP contribution in [0.15, 0.2) is 84.0 Å². The first-order valence-electron chi connectivity index (χ1n) is 14.9. The summed E-state index contributed by atoms with van der Waals surface area (Å²) in [6.07, 6.45) is 5.50. The highest BCUT2D eigenvalue weighted by Gasteiger charge is 2.25.